The van der Waals surface area contributed by atoms with E-state index in [1.54, 1.807) is 24.0 Å². The molecular weight excluding hydrogens is 431 g/mol. The first-order valence-corrected chi connectivity index (χ1v) is 10.9. The summed E-state index contributed by atoms with van der Waals surface area (Å²) in [6, 6.07) is 7.33. The summed E-state index contributed by atoms with van der Waals surface area (Å²) in [7, 11) is 0. The number of aryl methyl sites for hydroxylation is 1. The summed E-state index contributed by atoms with van der Waals surface area (Å²) in [5.41, 5.74) is 1.67. The van der Waals surface area contributed by atoms with Crippen LogP contribution in [0.5, 0.6) is 0 Å². The standard InChI is InChI=1S/C20H20Cl2N4O2S/c1-12-14-10-18(19(28)25-8-6-24(7-9-25)13(2)27)29-20(14)26(23-12)11-15-16(21)4-3-5-17(15)22/h3-5,10H,6-9,11H2,1-2H3. The number of nitrogens with zero attached hydrogens (tertiary/aromatic N) is 4. The SMILES string of the molecule is CC(=O)N1CCN(C(=O)c2cc3c(C)nn(Cc4c(Cl)cccc4Cl)c3s2)CC1. The van der Waals surface area contributed by atoms with E-state index in [1.165, 1.54) is 11.3 Å². The minimum atomic E-state index is -0.00359. The number of amides is 2. The fraction of sp³-hybridized carbons (Fsp3) is 0.350. The van der Waals surface area contributed by atoms with Crippen LogP contribution in [0, 0.1) is 6.92 Å². The number of hydrogen-bond donors (Lipinski definition) is 0. The van der Waals surface area contributed by atoms with Crippen molar-refractivity contribution in [2.24, 2.45) is 0 Å². The Bertz CT molecular complexity index is 1080. The minimum Gasteiger partial charge on any atom is -0.339 e. The van der Waals surface area contributed by atoms with Gasteiger partial charge in [-0.2, -0.15) is 5.10 Å². The molecule has 3 aromatic rings. The van der Waals surface area contributed by atoms with E-state index in [9.17, 15) is 9.59 Å². The molecule has 29 heavy (non-hydrogen) atoms. The number of halogens is 2. The third-order valence-electron chi connectivity index (χ3n) is 5.20. The summed E-state index contributed by atoms with van der Waals surface area (Å²) in [6.07, 6.45) is 0. The summed E-state index contributed by atoms with van der Waals surface area (Å²) >= 11 is 14.1. The van der Waals surface area contributed by atoms with E-state index in [1.807, 2.05) is 28.6 Å². The summed E-state index contributed by atoms with van der Waals surface area (Å²) < 4.78 is 1.85. The van der Waals surface area contributed by atoms with Crippen LogP contribution in [0.15, 0.2) is 24.3 Å². The van der Waals surface area contributed by atoms with Crippen molar-refractivity contribution in [3.8, 4) is 0 Å². The summed E-state index contributed by atoms with van der Waals surface area (Å²) in [6.45, 7) is 6.17. The van der Waals surface area contributed by atoms with Gasteiger partial charge in [0.15, 0.2) is 0 Å². The zero-order valence-corrected chi connectivity index (χ0v) is 18.4. The summed E-state index contributed by atoms with van der Waals surface area (Å²) in [4.78, 5) is 29.7. The number of aromatic nitrogens is 2. The highest BCUT2D eigenvalue weighted by Gasteiger charge is 2.25. The second-order valence-corrected chi connectivity index (χ2v) is 8.92. The Morgan fingerprint density at radius 2 is 1.72 bits per heavy atom. The Balaban J connectivity index is 1.59. The smallest absolute Gasteiger partial charge is 0.264 e. The summed E-state index contributed by atoms with van der Waals surface area (Å²) in [5.74, 6) is 0.0454. The fourth-order valence-corrected chi connectivity index (χ4v) is 5.18. The van der Waals surface area contributed by atoms with Gasteiger partial charge in [0.05, 0.1) is 17.1 Å². The van der Waals surface area contributed by atoms with Gasteiger partial charge >= 0.3 is 0 Å². The molecule has 0 unspecified atom stereocenters. The first-order chi connectivity index (χ1) is 13.8. The first-order valence-electron chi connectivity index (χ1n) is 9.29. The average Bonchev–Trinajstić information content (AvgIpc) is 3.25. The molecule has 6 nitrogen and oxygen atoms in total. The Kier molecular flexibility index (Phi) is 5.55. The molecule has 0 aliphatic carbocycles. The van der Waals surface area contributed by atoms with E-state index >= 15 is 0 Å². The zero-order chi connectivity index (χ0) is 20.7. The Labute approximate surface area is 182 Å². The molecule has 1 aliphatic heterocycles. The molecule has 2 aromatic heterocycles. The van der Waals surface area contributed by atoms with E-state index in [2.05, 4.69) is 5.10 Å². The zero-order valence-electron chi connectivity index (χ0n) is 16.1. The van der Waals surface area contributed by atoms with Gasteiger partial charge in [0.1, 0.15) is 4.83 Å². The minimum absolute atomic E-state index is 0.00359. The van der Waals surface area contributed by atoms with Crippen molar-refractivity contribution < 1.29 is 9.59 Å². The molecule has 4 rings (SSSR count). The number of piperazine rings is 1. The lowest BCUT2D eigenvalue weighted by Crippen LogP contribution is -2.49. The van der Waals surface area contributed by atoms with Gasteiger partial charge in [-0.15, -0.1) is 11.3 Å². The maximum atomic E-state index is 13.0. The molecule has 1 aliphatic rings. The Morgan fingerprint density at radius 1 is 1.10 bits per heavy atom. The number of carbonyl (C=O) groups excluding carboxylic acids is 2. The van der Waals surface area contributed by atoms with Crippen LogP contribution in [0.4, 0.5) is 0 Å². The van der Waals surface area contributed by atoms with Gasteiger partial charge in [0, 0.05) is 54.1 Å². The van der Waals surface area contributed by atoms with Crippen molar-refractivity contribution in [1.82, 2.24) is 19.6 Å². The van der Waals surface area contributed by atoms with E-state index in [4.69, 9.17) is 23.2 Å². The summed E-state index contributed by atoms with van der Waals surface area (Å²) in [5, 5.41) is 6.76. The Morgan fingerprint density at radius 3 is 2.34 bits per heavy atom. The van der Waals surface area contributed by atoms with Gasteiger partial charge in [-0.1, -0.05) is 29.3 Å². The molecule has 0 radical (unpaired) electrons. The van der Waals surface area contributed by atoms with Crippen LogP contribution < -0.4 is 0 Å². The van der Waals surface area contributed by atoms with Crippen LogP contribution in [0.3, 0.4) is 0 Å². The lowest BCUT2D eigenvalue weighted by Gasteiger charge is -2.33. The van der Waals surface area contributed by atoms with E-state index in [0.717, 1.165) is 21.5 Å². The number of fused-ring (bicyclic) bond motifs is 1. The van der Waals surface area contributed by atoms with Crippen molar-refractivity contribution in [2.75, 3.05) is 26.2 Å². The molecule has 1 fully saturated rings. The monoisotopic (exact) mass is 450 g/mol. The largest absolute Gasteiger partial charge is 0.339 e. The first kappa shape index (κ1) is 20.2. The van der Waals surface area contributed by atoms with Crippen LogP contribution in [0.2, 0.25) is 10.0 Å². The van der Waals surface area contributed by atoms with Crippen LogP contribution in [-0.4, -0.2) is 57.6 Å². The molecule has 0 atom stereocenters. The van der Waals surface area contributed by atoms with Crippen molar-refractivity contribution >= 4 is 56.6 Å². The normalized spacial score (nSPS) is 14.6. The van der Waals surface area contributed by atoms with Gasteiger partial charge in [-0.25, -0.2) is 4.68 Å². The molecule has 152 valence electrons. The fourth-order valence-electron chi connectivity index (χ4n) is 3.54. The third-order valence-corrected chi connectivity index (χ3v) is 7.04. The molecular formula is C20H20Cl2N4O2S. The van der Waals surface area contributed by atoms with E-state index < -0.39 is 0 Å². The number of hydrogen-bond acceptors (Lipinski definition) is 4. The Hall–Kier alpha value is -2.09. The molecule has 0 spiro atoms. The molecule has 0 bridgehead atoms. The van der Waals surface area contributed by atoms with Gasteiger partial charge in [-0.05, 0) is 25.1 Å². The molecule has 1 saturated heterocycles. The predicted octanol–water partition coefficient (Wildman–Crippen LogP) is 4.07. The topological polar surface area (TPSA) is 58.4 Å². The van der Waals surface area contributed by atoms with Crippen LogP contribution in [-0.2, 0) is 11.3 Å². The van der Waals surface area contributed by atoms with E-state index in [0.29, 0.717) is 47.6 Å². The molecule has 9 heteroatoms. The second kappa shape index (κ2) is 7.97. The van der Waals surface area contributed by atoms with Gasteiger partial charge in [0.25, 0.3) is 5.91 Å². The van der Waals surface area contributed by atoms with Gasteiger partial charge in [0.2, 0.25) is 5.91 Å². The second-order valence-electron chi connectivity index (χ2n) is 7.07. The number of thiophene rings is 1. The van der Waals surface area contributed by atoms with E-state index in [-0.39, 0.29) is 11.8 Å². The third kappa shape index (κ3) is 3.86. The quantitative estimate of drug-likeness (QED) is 0.604. The molecule has 2 amide bonds. The lowest BCUT2D eigenvalue weighted by molar-refractivity contribution is -0.130. The van der Waals surface area contributed by atoms with Crippen molar-refractivity contribution in [3.05, 3.63) is 50.4 Å². The van der Waals surface area contributed by atoms with Crippen molar-refractivity contribution in [2.45, 2.75) is 20.4 Å². The van der Waals surface area contributed by atoms with Crippen molar-refractivity contribution in [1.29, 1.82) is 0 Å². The molecule has 0 N–H and O–H groups in total. The maximum Gasteiger partial charge on any atom is 0.264 e. The highest BCUT2D eigenvalue weighted by Crippen LogP contribution is 2.32. The molecule has 0 saturated carbocycles. The molecule has 3 heterocycles. The lowest BCUT2D eigenvalue weighted by atomic mass is 10.2. The molecule has 1 aromatic carbocycles. The highest BCUT2D eigenvalue weighted by molar-refractivity contribution is 7.20. The predicted molar refractivity (Wildman–Crippen MR) is 116 cm³/mol. The van der Waals surface area contributed by atoms with Crippen molar-refractivity contribution in [3.63, 3.8) is 0 Å². The maximum absolute atomic E-state index is 13.0. The number of benzene rings is 1. The van der Waals surface area contributed by atoms with Crippen LogP contribution >= 0.6 is 34.5 Å². The number of carbonyl (C=O) groups is 2. The number of rotatable bonds is 3. The highest BCUT2D eigenvalue weighted by atomic mass is 35.5. The van der Waals surface area contributed by atoms with Gasteiger partial charge in [-0.3, -0.25) is 9.59 Å². The van der Waals surface area contributed by atoms with Gasteiger partial charge < -0.3 is 9.80 Å². The van der Waals surface area contributed by atoms with Crippen LogP contribution in [0.25, 0.3) is 10.2 Å². The van der Waals surface area contributed by atoms with Crippen LogP contribution in [0.1, 0.15) is 27.9 Å². The average molecular weight is 451 g/mol.